The highest BCUT2D eigenvalue weighted by atomic mass is 16.5. The van der Waals surface area contributed by atoms with Gasteiger partial charge in [0.2, 0.25) is 0 Å². The van der Waals surface area contributed by atoms with Crippen LogP contribution in [0.5, 0.6) is 5.75 Å². The Morgan fingerprint density at radius 1 is 0.941 bits per heavy atom. The molecule has 0 heterocycles. The lowest BCUT2D eigenvalue weighted by Gasteiger charge is -2.26. The third-order valence-corrected chi connectivity index (χ3v) is 3.04. The van der Waals surface area contributed by atoms with Crippen molar-refractivity contribution >= 4 is 0 Å². The molecule has 88 valence electrons. The first-order valence-electron chi connectivity index (χ1n) is 5.63. The zero-order valence-electron chi connectivity index (χ0n) is 10.2. The topological polar surface area (TPSA) is 35.2 Å². The van der Waals surface area contributed by atoms with Gasteiger partial charge in [-0.1, -0.05) is 42.5 Å². The zero-order chi connectivity index (χ0) is 12.3. The van der Waals surface area contributed by atoms with Gasteiger partial charge in [0.1, 0.15) is 5.75 Å². The first-order valence-corrected chi connectivity index (χ1v) is 5.63. The molecule has 1 atom stereocenters. The minimum Gasteiger partial charge on any atom is -0.497 e. The van der Waals surface area contributed by atoms with Gasteiger partial charge in [-0.3, -0.25) is 0 Å². The van der Waals surface area contributed by atoms with E-state index in [0.29, 0.717) is 0 Å². The van der Waals surface area contributed by atoms with Crippen LogP contribution in [-0.2, 0) is 5.54 Å². The molecule has 0 amide bonds. The zero-order valence-corrected chi connectivity index (χ0v) is 10.2. The first-order chi connectivity index (χ1) is 8.14. The standard InChI is InChI=1S/C15H17NO/c1-15(16,12-7-4-3-5-8-12)13-9-6-10-14(11-13)17-2/h3-11H,16H2,1-2H3. The van der Waals surface area contributed by atoms with Gasteiger partial charge >= 0.3 is 0 Å². The van der Waals surface area contributed by atoms with Crippen LogP contribution in [0.25, 0.3) is 0 Å². The molecular formula is C15H17NO. The molecule has 0 aliphatic carbocycles. The molecule has 0 aliphatic rings. The van der Waals surface area contributed by atoms with Crippen molar-refractivity contribution in [3.8, 4) is 5.75 Å². The maximum absolute atomic E-state index is 6.43. The number of benzene rings is 2. The Morgan fingerprint density at radius 2 is 1.59 bits per heavy atom. The highest BCUT2D eigenvalue weighted by molar-refractivity contribution is 5.40. The first kappa shape index (κ1) is 11.7. The molecular weight excluding hydrogens is 210 g/mol. The summed E-state index contributed by atoms with van der Waals surface area (Å²) in [4.78, 5) is 0. The normalized spacial score (nSPS) is 14.1. The Balaban J connectivity index is 2.44. The molecule has 17 heavy (non-hydrogen) atoms. The van der Waals surface area contributed by atoms with E-state index in [1.807, 2.05) is 61.5 Å². The lowest BCUT2D eigenvalue weighted by Crippen LogP contribution is -2.34. The van der Waals surface area contributed by atoms with E-state index in [2.05, 4.69) is 0 Å². The summed E-state index contributed by atoms with van der Waals surface area (Å²) in [6.45, 7) is 2.01. The van der Waals surface area contributed by atoms with Gasteiger partial charge in [0.15, 0.2) is 0 Å². The number of hydrogen-bond donors (Lipinski definition) is 1. The molecule has 0 saturated heterocycles. The van der Waals surface area contributed by atoms with Crippen molar-refractivity contribution in [2.75, 3.05) is 7.11 Å². The van der Waals surface area contributed by atoms with Gasteiger partial charge in [0.25, 0.3) is 0 Å². The van der Waals surface area contributed by atoms with Gasteiger partial charge in [-0.05, 0) is 30.2 Å². The molecule has 0 saturated carbocycles. The van der Waals surface area contributed by atoms with Crippen molar-refractivity contribution in [3.05, 3.63) is 65.7 Å². The predicted molar refractivity (Wildman–Crippen MR) is 70.1 cm³/mol. The Kier molecular flexibility index (Phi) is 3.16. The van der Waals surface area contributed by atoms with E-state index in [-0.39, 0.29) is 0 Å². The Morgan fingerprint density at radius 3 is 2.24 bits per heavy atom. The molecule has 2 aromatic carbocycles. The third-order valence-electron chi connectivity index (χ3n) is 3.04. The Hall–Kier alpha value is -1.80. The molecule has 1 unspecified atom stereocenters. The molecule has 0 spiro atoms. The summed E-state index contributed by atoms with van der Waals surface area (Å²) in [6, 6.07) is 18.0. The number of methoxy groups -OCH3 is 1. The van der Waals surface area contributed by atoms with E-state index < -0.39 is 5.54 Å². The van der Waals surface area contributed by atoms with Crippen LogP contribution in [0.1, 0.15) is 18.1 Å². The summed E-state index contributed by atoms with van der Waals surface area (Å²) >= 11 is 0. The fraction of sp³-hybridized carbons (Fsp3) is 0.200. The van der Waals surface area contributed by atoms with Gasteiger partial charge in [-0.2, -0.15) is 0 Å². The van der Waals surface area contributed by atoms with Crippen molar-refractivity contribution in [1.82, 2.24) is 0 Å². The molecule has 2 aromatic rings. The molecule has 0 bridgehead atoms. The molecule has 0 aromatic heterocycles. The predicted octanol–water partition coefficient (Wildman–Crippen LogP) is 2.92. The van der Waals surface area contributed by atoms with Crippen molar-refractivity contribution in [2.24, 2.45) is 5.73 Å². The molecule has 2 nitrogen and oxygen atoms in total. The SMILES string of the molecule is COc1cccc(C(C)(N)c2ccccc2)c1. The van der Waals surface area contributed by atoms with E-state index in [0.717, 1.165) is 16.9 Å². The number of hydrogen-bond acceptors (Lipinski definition) is 2. The summed E-state index contributed by atoms with van der Waals surface area (Å²) in [7, 11) is 1.66. The smallest absolute Gasteiger partial charge is 0.119 e. The van der Waals surface area contributed by atoms with Gasteiger partial charge in [0, 0.05) is 0 Å². The minimum atomic E-state index is -0.504. The van der Waals surface area contributed by atoms with Gasteiger partial charge < -0.3 is 10.5 Å². The molecule has 2 N–H and O–H groups in total. The molecule has 0 fully saturated rings. The van der Waals surface area contributed by atoms with E-state index >= 15 is 0 Å². The quantitative estimate of drug-likeness (QED) is 0.875. The lowest BCUT2D eigenvalue weighted by atomic mass is 9.86. The van der Waals surface area contributed by atoms with Crippen LogP contribution in [0.2, 0.25) is 0 Å². The van der Waals surface area contributed by atoms with Crippen molar-refractivity contribution in [2.45, 2.75) is 12.5 Å². The van der Waals surface area contributed by atoms with Crippen LogP contribution in [-0.4, -0.2) is 7.11 Å². The Labute approximate surface area is 102 Å². The number of ether oxygens (including phenoxy) is 1. The van der Waals surface area contributed by atoms with Gasteiger partial charge in [-0.25, -0.2) is 0 Å². The van der Waals surface area contributed by atoms with Crippen LogP contribution >= 0.6 is 0 Å². The second kappa shape index (κ2) is 4.60. The largest absolute Gasteiger partial charge is 0.497 e. The third kappa shape index (κ3) is 2.32. The van der Waals surface area contributed by atoms with E-state index in [4.69, 9.17) is 10.5 Å². The van der Waals surface area contributed by atoms with E-state index in [9.17, 15) is 0 Å². The molecule has 2 heteroatoms. The van der Waals surface area contributed by atoms with Crippen molar-refractivity contribution in [3.63, 3.8) is 0 Å². The summed E-state index contributed by atoms with van der Waals surface area (Å²) < 4.78 is 5.23. The summed E-state index contributed by atoms with van der Waals surface area (Å²) in [5, 5.41) is 0. The molecule has 0 aliphatic heterocycles. The molecule has 0 radical (unpaired) electrons. The maximum atomic E-state index is 6.43. The van der Waals surface area contributed by atoms with Crippen LogP contribution in [0.3, 0.4) is 0 Å². The van der Waals surface area contributed by atoms with Gasteiger partial charge in [0.05, 0.1) is 12.6 Å². The highest BCUT2D eigenvalue weighted by Crippen LogP contribution is 2.28. The van der Waals surface area contributed by atoms with Crippen molar-refractivity contribution < 1.29 is 4.74 Å². The van der Waals surface area contributed by atoms with Crippen molar-refractivity contribution in [1.29, 1.82) is 0 Å². The average molecular weight is 227 g/mol. The van der Waals surface area contributed by atoms with Crippen LogP contribution in [0, 0.1) is 0 Å². The Bertz CT molecular complexity index is 491. The lowest BCUT2D eigenvalue weighted by molar-refractivity contribution is 0.413. The second-order valence-corrected chi connectivity index (χ2v) is 4.30. The summed E-state index contributed by atoms with van der Waals surface area (Å²) in [5.74, 6) is 0.829. The number of nitrogens with two attached hydrogens (primary N) is 1. The second-order valence-electron chi connectivity index (χ2n) is 4.30. The summed E-state index contributed by atoms with van der Waals surface area (Å²) in [5.41, 5.74) is 8.06. The van der Waals surface area contributed by atoms with Crippen LogP contribution in [0.15, 0.2) is 54.6 Å². The van der Waals surface area contributed by atoms with Gasteiger partial charge in [-0.15, -0.1) is 0 Å². The van der Waals surface area contributed by atoms with Crippen LogP contribution < -0.4 is 10.5 Å². The van der Waals surface area contributed by atoms with E-state index in [1.54, 1.807) is 7.11 Å². The monoisotopic (exact) mass is 227 g/mol. The average Bonchev–Trinajstić information content (AvgIpc) is 2.40. The van der Waals surface area contributed by atoms with Crippen LogP contribution in [0.4, 0.5) is 0 Å². The highest BCUT2D eigenvalue weighted by Gasteiger charge is 2.23. The minimum absolute atomic E-state index is 0.504. The van der Waals surface area contributed by atoms with E-state index in [1.165, 1.54) is 0 Å². The summed E-state index contributed by atoms with van der Waals surface area (Å²) in [6.07, 6.45) is 0. The molecule has 2 rings (SSSR count). The maximum Gasteiger partial charge on any atom is 0.119 e. The number of rotatable bonds is 3. The fourth-order valence-electron chi connectivity index (χ4n) is 1.90. The fourth-order valence-corrected chi connectivity index (χ4v) is 1.90.